The maximum atomic E-state index is 8.71. The molecule has 2 rings (SSSR count). The number of ether oxygens (including phenoxy) is 1. The molecule has 0 radical (unpaired) electrons. The van der Waals surface area contributed by atoms with Gasteiger partial charge in [0.05, 0.1) is 12.5 Å². The maximum absolute atomic E-state index is 8.71. The standard InChI is InChI=1S/C14H19N3O/c15-6-3-12-9-13(1-2-14(12)16)17-7-4-11-5-8-18-10-11/h1-2,9,11,17H,3-5,7-8,10,16H2. The van der Waals surface area contributed by atoms with E-state index in [1.807, 2.05) is 18.2 Å². The second-order valence-corrected chi connectivity index (χ2v) is 4.69. The van der Waals surface area contributed by atoms with Gasteiger partial charge in [-0.05, 0) is 42.5 Å². The van der Waals surface area contributed by atoms with Crippen molar-refractivity contribution >= 4 is 11.4 Å². The average Bonchev–Trinajstić information content (AvgIpc) is 2.87. The van der Waals surface area contributed by atoms with E-state index in [1.54, 1.807) is 0 Å². The van der Waals surface area contributed by atoms with Gasteiger partial charge >= 0.3 is 0 Å². The fourth-order valence-electron chi connectivity index (χ4n) is 2.19. The van der Waals surface area contributed by atoms with E-state index in [9.17, 15) is 0 Å². The third-order valence-electron chi connectivity index (χ3n) is 3.32. The molecular formula is C14H19N3O. The second-order valence-electron chi connectivity index (χ2n) is 4.69. The van der Waals surface area contributed by atoms with Gasteiger partial charge in [-0.1, -0.05) is 0 Å². The number of anilines is 2. The van der Waals surface area contributed by atoms with Crippen molar-refractivity contribution in [3.63, 3.8) is 0 Å². The van der Waals surface area contributed by atoms with Gasteiger partial charge in [-0.25, -0.2) is 0 Å². The summed E-state index contributed by atoms with van der Waals surface area (Å²) < 4.78 is 5.35. The van der Waals surface area contributed by atoms with E-state index in [0.717, 1.165) is 37.4 Å². The third kappa shape index (κ3) is 3.38. The Morgan fingerprint density at radius 2 is 2.39 bits per heavy atom. The van der Waals surface area contributed by atoms with E-state index >= 15 is 0 Å². The van der Waals surface area contributed by atoms with Crippen LogP contribution < -0.4 is 11.1 Å². The molecule has 1 unspecified atom stereocenters. The molecular weight excluding hydrogens is 226 g/mol. The zero-order valence-corrected chi connectivity index (χ0v) is 10.5. The van der Waals surface area contributed by atoms with Crippen molar-refractivity contribution in [2.24, 2.45) is 5.92 Å². The molecule has 0 bridgehead atoms. The predicted molar refractivity (Wildman–Crippen MR) is 72.2 cm³/mol. The second kappa shape index (κ2) is 6.27. The largest absolute Gasteiger partial charge is 0.398 e. The fourth-order valence-corrected chi connectivity index (χ4v) is 2.19. The summed E-state index contributed by atoms with van der Waals surface area (Å²) in [6.07, 6.45) is 2.65. The Morgan fingerprint density at radius 1 is 1.50 bits per heavy atom. The van der Waals surface area contributed by atoms with E-state index in [-0.39, 0.29) is 0 Å². The van der Waals surface area contributed by atoms with E-state index in [0.29, 0.717) is 18.0 Å². The normalized spacial score (nSPS) is 18.5. The van der Waals surface area contributed by atoms with Crippen LogP contribution in [0.1, 0.15) is 18.4 Å². The lowest BCUT2D eigenvalue weighted by molar-refractivity contribution is 0.185. The summed E-state index contributed by atoms with van der Waals surface area (Å²) in [5.74, 6) is 0.685. The van der Waals surface area contributed by atoms with Crippen LogP contribution in [0.25, 0.3) is 0 Å². The highest BCUT2D eigenvalue weighted by Gasteiger charge is 2.14. The minimum atomic E-state index is 0.359. The monoisotopic (exact) mass is 245 g/mol. The number of nitrogens with one attached hydrogen (secondary N) is 1. The van der Waals surface area contributed by atoms with Crippen LogP contribution in [0, 0.1) is 17.2 Å². The van der Waals surface area contributed by atoms with Gasteiger partial charge in [-0.2, -0.15) is 5.26 Å². The minimum absolute atomic E-state index is 0.359. The number of rotatable bonds is 5. The molecule has 3 N–H and O–H groups in total. The van der Waals surface area contributed by atoms with Crippen molar-refractivity contribution in [3.05, 3.63) is 23.8 Å². The highest BCUT2D eigenvalue weighted by Crippen LogP contribution is 2.20. The number of nitrogens with zero attached hydrogens (tertiary/aromatic N) is 1. The van der Waals surface area contributed by atoms with Crippen molar-refractivity contribution in [1.82, 2.24) is 0 Å². The Balaban J connectivity index is 1.85. The third-order valence-corrected chi connectivity index (χ3v) is 3.32. The Morgan fingerprint density at radius 3 is 3.11 bits per heavy atom. The van der Waals surface area contributed by atoms with Crippen LogP contribution in [0.5, 0.6) is 0 Å². The number of benzene rings is 1. The Labute approximate surface area is 108 Å². The van der Waals surface area contributed by atoms with Gasteiger partial charge in [-0.3, -0.25) is 0 Å². The number of hydrogen-bond donors (Lipinski definition) is 2. The van der Waals surface area contributed by atoms with E-state index in [4.69, 9.17) is 15.7 Å². The molecule has 0 spiro atoms. The molecule has 1 aliphatic rings. The zero-order valence-electron chi connectivity index (χ0n) is 10.5. The van der Waals surface area contributed by atoms with Crippen LogP contribution in [0.3, 0.4) is 0 Å². The molecule has 1 saturated heterocycles. The number of nitrogen functional groups attached to an aromatic ring is 1. The van der Waals surface area contributed by atoms with E-state index < -0.39 is 0 Å². The lowest BCUT2D eigenvalue weighted by Gasteiger charge is -2.11. The van der Waals surface area contributed by atoms with Crippen molar-refractivity contribution in [2.75, 3.05) is 30.8 Å². The molecule has 0 amide bonds. The zero-order chi connectivity index (χ0) is 12.8. The Kier molecular flexibility index (Phi) is 4.43. The SMILES string of the molecule is N#CCc1cc(NCCC2CCOC2)ccc1N. The number of nitrogens with two attached hydrogens (primary N) is 1. The maximum Gasteiger partial charge on any atom is 0.0670 e. The fraction of sp³-hybridized carbons (Fsp3) is 0.500. The summed E-state index contributed by atoms with van der Waals surface area (Å²) in [6.45, 7) is 2.73. The van der Waals surface area contributed by atoms with Gasteiger partial charge < -0.3 is 15.8 Å². The molecule has 0 aliphatic carbocycles. The molecule has 1 atom stereocenters. The first-order valence-corrected chi connectivity index (χ1v) is 6.36. The molecule has 96 valence electrons. The molecule has 18 heavy (non-hydrogen) atoms. The molecule has 4 heteroatoms. The summed E-state index contributed by atoms with van der Waals surface area (Å²) in [5, 5.41) is 12.1. The van der Waals surface area contributed by atoms with Crippen molar-refractivity contribution in [1.29, 1.82) is 5.26 Å². The quantitative estimate of drug-likeness (QED) is 0.780. The molecule has 0 saturated carbocycles. The summed E-state index contributed by atoms with van der Waals surface area (Å²) in [7, 11) is 0. The molecule has 0 aromatic heterocycles. The van der Waals surface area contributed by atoms with Crippen LogP contribution >= 0.6 is 0 Å². The van der Waals surface area contributed by atoms with Gasteiger partial charge in [0.1, 0.15) is 0 Å². The molecule has 1 aliphatic heterocycles. The van der Waals surface area contributed by atoms with Crippen LogP contribution in [0.4, 0.5) is 11.4 Å². The van der Waals surface area contributed by atoms with E-state index in [2.05, 4.69) is 11.4 Å². The lowest BCUT2D eigenvalue weighted by Crippen LogP contribution is -2.09. The van der Waals surface area contributed by atoms with Crippen LogP contribution in [-0.4, -0.2) is 19.8 Å². The first-order chi connectivity index (χ1) is 8.79. The van der Waals surface area contributed by atoms with Crippen molar-refractivity contribution < 1.29 is 4.74 Å². The predicted octanol–water partition coefficient (Wildman–Crippen LogP) is 2.17. The summed E-state index contributed by atoms with van der Waals surface area (Å²) in [6, 6.07) is 7.91. The minimum Gasteiger partial charge on any atom is -0.398 e. The van der Waals surface area contributed by atoms with E-state index in [1.165, 1.54) is 6.42 Å². The van der Waals surface area contributed by atoms with Gasteiger partial charge in [0, 0.05) is 31.1 Å². The number of hydrogen-bond acceptors (Lipinski definition) is 4. The van der Waals surface area contributed by atoms with Gasteiger partial charge in [-0.15, -0.1) is 0 Å². The van der Waals surface area contributed by atoms with Crippen LogP contribution in [-0.2, 0) is 11.2 Å². The highest BCUT2D eigenvalue weighted by molar-refractivity contribution is 5.57. The summed E-state index contributed by atoms with van der Waals surface area (Å²) in [4.78, 5) is 0. The highest BCUT2D eigenvalue weighted by atomic mass is 16.5. The summed E-state index contributed by atoms with van der Waals surface area (Å²) >= 11 is 0. The van der Waals surface area contributed by atoms with Crippen molar-refractivity contribution in [3.8, 4) is 6.07 Å². The van der Waals surface area contributed by atoms with Gasteiger partial charge in [0.25, 0.3) is 0 Å². The Hall–Kier alpha value is -1.73. The molecule has 1 aromatic carbocycles. The van der Waals surface area contributed by atoms with Crippen LogP contribution in [0.15, 0.2) is 18.2 Å². The number of nitriles is 1. The topological polar surface area (TPSA) is 71.1 Å². The lowest BCUT2D eigenvalue weighted by atomic mass is 10.1. The van der Waals surface area contributed by atoms with Crippen molar-refractivity contribution in [2.45, 2.75) is 19.3 Å². The molecule has 1 aromatic rings. The molecule has 1 fully saturated rings. The first-order valence-electron chi connectivity index (χ1n) is 6.36. The Bertz CT molecular complexity index is 433. The van der Waals surface area contributed by atoms with Crippen LogP contribution in [0.2, 0.25) is 0 Å². The summed E-state index contributed by atoms with van der Waals surface area (Å²) in [5.41, 5.74) is 8.43. The van der Waals surface area contributed by atoms with Gasteiger partial charge in [0.2, 0.25) is 0 Å². The molecule has 4 nitrogen and oxygen atoms in total. The first kappa shape index (κ1) is 12.7. The molecule has 1 heterocycles. The van der Waals surface area contributed by atoms with Gasteiger partial charge in [0.15, 0.2) is 0 Å². The smallest absolute Gasteiger partial charge is 0.0670 e. The average molecular weight is 245 g/mol.